The van der Waals surface area contributed by atoms with Crippen molar-refractivity contribution in [2.75, 3.05) is 29.5 Å². The molecule has 1 saturated heterocycles. The molecule has 2 N–H and O–H groups in total. The molecule has 10 heteroatoms. The van der Waals surface area contributed by atoms with E-state index in [1.165, 1.54) is 4.31 Å². The van der Waals surface area contributed by atoms with Gasteiger partial charge in [-0.15, -0.1) is 0 Å². The van der Waals surface area contributed by atoms with Crippen LogP contribution in [0.25, 0.3) is 0 Å². The molecule has 142 valence electrons. The molecule has 2 aliphatic rings. The third-order valence-electron chi connectivity index (χ3n) is 4.35. The van der Waals surface area contributed by atoms with Gasteiger partial charge in [-0.1, -0.05) is 19.8 Å². The first kappa shape index (κ1) is 18.6. The fourth-order valence-corrected chi connectivity index (χ4v) is 4.78. The number of hydrogen-bond acceptors (Lipinski definition) is 6. The zero-order chi connectivity index (χ0) is 18.7. The molecule has 3 rings (SSSR count). The third kappa shape index (κ3) is 3.96. The molecule has 26 heavy (non-hydrogen) atoms. The Hall–Kier alpha value is -2.20. The van der Waals surface area contributed by atoms with Gasteiger partial charge < -0.3 is 15.4 Å². The van der Waals surface area contributed by atoms with Crippen LogP contribution in [0, 0.1) is 0 Å². The lowest BCUT2D eigenvalue weighted by Crippen LogP contribution is -2.45. The van der Waals surface area contributed by atoms with Crippen LogP contribution in [0.4, 0.5) is 11.6 Å². The number of unbranched alkanes of at least 4 members (excludes halogenated alkanes) is 1. The van der Waals surface area contributed by atoms with Gasteiger partial charge in [0, 0.05) is 6.54 Å². The van der Waals surface area contributed by atoms with E-state index in [0.717, 1.165) is 12.8 Å². The van der Waals surface area contributed by atoms with E-state index in [-0.39, 0.29) is 29.9 Å². The summed E-state index contributed by atoms with van der Waals surface area (Å²) in [5.74, 6) is 0.225. The molecule has 2 amide bonds. The van der Waals surface area contributed by atoms with Crippen LogP contribution in [0.2, 0.25) is 0 Å². The Labute approximate surface area is 152 Å². The van der Waals surface area contributed by atoms with Crippen LogP contribution < -0.4 is 15.4 Å². The Morgan fingerprint density at radius 1 is 1.46 bits per heavy atom. The van der Waals surface area contributed by atoms with E-state index in [9.17, 15) is 18.0 Å². The number of nitrogens with zero attached hydrogens (tertiary/aromatic N) is 2. The zero-order valence-corrected chi connectivity index (χ0v) is 15.3. The monoisotopic (exact) mass is 382 g/mol. The number of aromatic nitrogens is 1. The average molecular weight is 382 g/mol. The Kier molecular flexibility index (Phi) is 5.42. The van der Waals surface area contributed by atoms with E-state index in [1.54, 1.807) is 12.1 Å². The summed E-state index contributed by atoms with van der Waals surface area (Å²) in [5, 5.41) is 5.24. The van der Waals surface area contributed by atoms with Crippen LogP contribution in [-0.4, -0.2) is 54.5 Å². The summed E-state index contributed by atoms with van der Waals surface area (Å²) >= 11 is 0. The molecule has 2 aliphatic heterocycles. The van der Waals surface area contributed by atoms with Crippen LogP contribution in [0.3, 0.4) is 0 Å². The van der Waals surface area contributed by atoms with Gasteiger partial charge in [0.1, 0.15) is 11.9 Å². The summed E-state index contributed by atoms with van der Waals surface area (Å²) in [4.78, 5) is 28.3. The number of nitrogens with one attached hydrogen (secondary N) is 2. The maximum absolute atomic E-state index is 12.7. The molecular weight excluding hydrogens is 360 g/mol. The van der Waals surface area contributed by atoms with Crippen molar-refractivity contribution in [3.05, 3.63) is 12.1 Å². The molecule has 1 aromatic rings. The molecule has 0 aromatic carbocycles. The Bertz CT molecular complexity index is 811. The predicted molar refractivity (Wildman–Crippen MR) is 95.4 cm³/mol. The largest absolute Gasteiger partial charge is 0.480 e. The van der Waals surface area contributed by atoms with Crippen LogP contribution >= 0.6 is 0 Å². The van der Waals surface area contributed by atoms with Crippen LogP contribution in [0.15, 0.2) is 12.1 Å². The van der Waals surface area contributed by atoms with Crippen molar-refractivity contribution in [1.29, 1.82) is 0 Å². The normalized spacial score (nSPS) is 20.0. The first-order valence-corrected chi connectivity index (χ1v) is 10.3. The highest BCUT2D eigenvalue weighted by Crippen LogP contribution is 2.27. The Morgan fingerprint density at radius 2 is 2.27 bits per heavy atom. The lowest BCUT2D eigenvalue weighted by Gasteiger charge is -2.25. The van der Waals surface area contributed by atoms with Crippen molar-refractivity contribution in [3.63, 3.8) is 0 Å². The molecule has 3 heterocycles. The zero-order valence-electron chi connectivity index (χ0n) is 14.5. The minimum atomic E-state index is -3.40. The first-order valence-electron chi connectivity index (χ1n) is 8.65. The van der Waals surface area contributed by atoms with Crippen molar-refractivity contribution in [1.82, 2.24) is 9.29 Å². The minimum absolute atomic E-state index is 0.0728. The molecule has 1 unspecified atom stereocenters. The lowest BCUT2D eigenvalue weighted by atomic mass is 10.1. The summed E-state index contributed by atoms with van der Waals surface area (Å²) in [6.07, 6.45) is 2.58. The lowest BCUT2D eigenvalue weighted by molar-refractivity contribution is -0.120. The topological polar surface area (TPSA) is 118 Å². The number of hydrogen-bond donors (Lipinski definition) is 2. The fourth-order valence-electron chi connectivity index (χ4n) is 3.06. The SMILES string of the molecule is CCCCC(C(=O)Nc1ccc2c(n1)NC(=O)CO2)N1CCCS1(=O)=O. The van der Waals surface area contributed by atoms with E-state index >= 15 is 0 Å². The third-order valence-corrected chi connectivity index (χ3v) is 6.30. The van der Waals surface area contributed by atoms with Gasteiger partial charge in [0.15, 0.2) is 18.2 Å². The van der Waals surface area contributed by atoms with Crippen LogP contribution in [0.1, 0.15) is 32.6 Å². The number of pyridine rings is 1. The number of ether oxygens (including phenoxy) is 1. The summed E-state index contributed by atoms with van der Waals surface area (Å²) in [5.41, 5.74) is 0. The number of fused-ring (bicyclic) bond motifs is 1. The smallest absolute Gasteiger partial charge is 0.263 e. The van der Waals surface area contributed by atoms with Gasteiger partial charge in [-0.3, -0.25) is 9.59 Å². The molecule has 0 spiro atoms. The van der Waals surface area contributed by atoms with Gasteiger partial charge in [0.2, 0.25) is 15.9 Å². The van der Waals surface area contributed by atoms with Gasteiger partial charge in [-0.2, -0.15) is 4.31 Å². The average Bonchev–Trinajstić information content (AvgIpc) is 2.94. The van der Waals surface area contributed by atoms with Gasteiger partial charge in [0.25, 0.3) is 5.91 Å². The molecule has 1 atom stereocenters. The fraction of sp³-hybridized carbons (Fsp3) is 0.562. The van der Waals surface area contributed by atoms with Gasteiger partial charge in [0.05, 0.1) is 5.75 Å². The number of anilines is 2. The minimum Gasteiger partial charge on any atom is -0.480 e. The number of carbonyl (C=O) groups is 2. The van der Waals surface area contributed by atoms with Crippen molar-refractivity contribution in [2.24, 2.45) is 0 Å². The van der Waals surface area contributed by atoms with E-state index in [1.807, 2.05) is 6.92 Å². The maximum atomic E-state index is 12.7. The quantitative estimate of drug-likeness (QED) is 0.756. The number of rotatable bonds is 6. The molecule has 0 saturated carbocycles. The standard InChI is InChI=1S/C16H22N4O5S/c1-2-3-5-11(20-8-4-9-26(20,23)24)16(22)18-13-7-6-12-15(17-13)19-14(21)10-25-12/h6-7,11H,2-5,8-10H2,1H3,(H2,17,18,19,21,22). The Balaban J connectivity index is 1.77. The molecule has 1 fully saturated rings. The highest BCUT2D eigenvalue weighted by atomic mass is 32.2. The Morgan fingerprint density at radius 3 is 2.96 bits per heavy atom. The summed E-state index contributed by atoms with van der Waals surface area (Å²) < 4.78 is 31.0. The highest BCUT2D eigenvalue weighted by Gasteiger charge is 2.38. The van der Waals surface area contributed by atoms with E-state index in [2.05, 4.69) is 15.6 Å². The van der Waals surface area contributed by atoms with Crippen molar-refractivity contribution >= 4 is 33.5 Å². The summed E-state index contributed by atoms with van der Waals surface area (Å²) in [6.45, 7) is 2.26. The summed E-state index contributed by atoms with van der Waals surface area (Å²) in [6, 6.07) is 2.40. The van der Waals surface area contributed by atoms with E-state index < -0.39 is 22.0 Å². The van der Waals surface area contributed by atoms with Crippen molar-refractivity contribution in [2.45, 2.75) is 38.6 Å². The summed E-state index contributed by atoms with van der Waals surface area (Å²) in [7, 11) is -3.40. The van der Waals surface area contributed by atoms with Crippen molar-refractivity contribution in [3.8, 4) is 5.75 Å². The first-order chi connectivity index (χ1) is 12.4. The second-order valence-electron chi connectivity index (χ2n) is 6.31. The van der Waals surface area contributed by atoms with Gasteiger partial charge >= 0.3 is 0 Å². The second-order valence-corrected chi connectivity index (χ2v) is 8.35. The number of sulfonamides is 1. The predicted octanol–water partition coefficient (Wildman–Crippen LogP) is 0.945. The number of carbonyl (C=O) groups excluding carboxylic acids is 2. The highest BCUT2D eigenvalue weighted by molar-refractivity contribution is 7.89. The van der Waals surface area contributed by atoms with E-state index in [4.69, 9.17) is 4.74 Å². The molecule has 0 bridgehead atoms. The van der Waals surface area contributed by atoms with Crippen molar-refractivity contribution < 1.29 is 22.7 Å². The molecule has 0 radical (unpaired) electrons. The molecular formula is C16H22N4O5S. The van der Waals surface area contributed by atoms with Gasteiger partial charge in [-0.25, -0.2) is 13.4 Å². The van der Waals surface area contributed by atoms with Gasteiger partial charge in [-0.05, 0) is 25.0 Å². The number of amides is 2. The van der Waals surface area contributed by atoms with Crippen LogP contribution in [0.5, 0.6) is 5.75 Å². The maximum Gasteiger partial charge on any atom is 0.263 e. The molecule has 0 aliphatic carbocycles. The second kappa shape index (κ2) is 7.58. The molecule has 9 nitrogen and oxygen atoms in total. The van der Waals surface area contributed by atoms with E-state index in [0.29, 0.717) is 25.1 Å². The molecule has 1 aromatic heterocycles. The van der Waals surface area contributed by atoms with Crippen LogP contribution in [-0.2, 0) is 19.6 Å².